The predicted octanol–water partition coefficient (Wildman–Crippen LogP) is 1.34. The van der Waals surface area contributed by atoms with E-state index in [-0.39, 0.29) is 17.7 Å². The first-order chi connectivity index (χ1) is 10.8. The molecule has 0 spiro atoms. The molecule has 1 amide bonds. The molecule has 0 unspecified atom stereocenters. The molecule has 124 valence electrons. The van der Waals surface area contributed by atoms with Crippen molar-refractivity contribution in [2.24, 2.45) is 0 Å². The summed E-state index contributed by atoms with van der Waals surface area (Å²) in [4.78, 5) is 20.0. The van der Waals surface area contributed by atoms with Crippen LogP contribution in [0.2, 0.25) is 0 Å². The van der Waals surface area contributed by atoms with Crippen molar-refractivity contribution in [1.82, 2.24) is 29.9 Å². The number of carbonyl (C=O) groups excluding carboxylic acids is 1. The molecule has 0 radical (unpaired) electrons. The van der Waals surface area contributed by atoms with Crippen molar-refractivity contribution in [3.8, 4) is 0 Å². The van der Waals surface area contributed by atoms with Crippen LogP contribution in [0.3, 0.4) is 0 Å². The molecular weight excluding hydrogens is 366 g/mol. The van der Waals surface area contributed by atoms with Crippen LogP contribution in [0.1, 0.15) is 20.8 Å². The highest BCUT2D eigenvalue weighted by atomic mass is 79.9. The fraction of sp³-hybridized carbons (Fsp3) is 0.615. The summed E-state index contributed by atoms with van der Waals surface area (Å²) in [7, 11) is 1.74. The van der Waals surface area contributed by atoms with Crippen molar-refractivity contribution in [1.29, 1.82) is 0 Å². The fourth-order valence-corrected chi connectivity index (χ4v) is 2.44. The number of nitrogens with zero attached hydrogens (tertiary/aromatic N) is 7. The first kappa shape index (κ1) is 15.9. The number of fused-ring (bicyclic) bond motifs is 1. The van der Waals surface area contributed by atoms with Crippen LogP contribution in [0.5, 0.6) is 0 Å². The molecule has 1 saturated heterocycles. The minimum Gasteiger partial charge on any atom is -0.442 e. The Morgan fingerprint density at radius 3 is 2.78 bits per heavy atom. The summed E-state index contributed by atoms with van der Waals surface area (Å²) in [5, 5.41) is 11.5. The van der Waals surface area contributed by atoms with Gasteiger partial charge in [0.25, 0.3) is 0 Å². The Balaban J connectivity index is 1.64. The van der Waals surface area contributed by atoms with E-state index in [1.807, 2.05) is 25.7 Å². The van der Waals surface area contributed by atoms with Crippen molar-refractivity contribution in [3.63, 3.8) is 0 Å². The second-order valence-electron chi connectivity index (χ2n) is 6.46. The molecule has 0 saturated carbocycles. The van der Waals surface area contributed by atoms with Crippen molar-refractivity contribution in [3.05, 3.63) is 10.8 Å². The summed E-state index contributed by atoms with van der Waals surface area (Å²) in [6.45, 7) is 7.02. The molecule has 0 bridgehead atoms. The highest BCUT2D eigenvalue weighted by Crippen LogP contribution is 2.26. The number of aromatic nitrogens is 5. The van der Waals surface area contributed by atoms with E-state index >= 15 is 0 Å². The van der Waals surface area contributed by atoms with Gasteiger partial charge in [-0.1, -0.05) is 0 Å². The number of hydrogen-bond donors (Lipinski definition) is 0. The van der Waals surface area contributed by atoms with Crippen molar-refractivity contribution in [2.75, 3.05) is 25.0 Å². The highest BCUT2D eigenvalue weighted by Gasteiger charge is 2.35. The molecule has 3 heterocycles. The third kappa shape index (κ3) is 2.94. The molecule has 9 nitrogen and oxygen atoms in total. The van der Waals surface area contributed by atoms with E-state index in [0.717, 1.165) is 0 Å². The predicted molar refractivity (Wildman–Crippen MR) is 86.3 cm³/mol. The summed E-state index contributed by atoms with van der Waals surface area (Å²) in [6.07, 6.45) is 1.17. The van der Waals surface area contributed by atoms with E-state index in [0.29, 0.717) is 29.2 Å². The van der Waals surface area contributed by atoms with E-state index in [2.05, 4.69) is 36.4 Å². The van der Waals surface area contributed by atoms with Gasteiger partial charge in [-0.05, 0) is 47.1 Å². The molecular formula is C13H18BrN7O2. The largest absolute Gasteiger partial charge is 0.442 e. The van der Waals surface area contributed by atoms with Crippen LogP contribution in [-0.2, 0) is 4.74 Å². The zero-order valence-corrected chi connectivity index (χ0v) is 15.0. The second-order valence-corrected chi connectivity index (χ2v) is 7.27. The first-order valence-corrected chi connectivity index (χ1v) is 7.98. The molecule has 2 aromatic rings. The van der Waals surface area contributed by atoms with Gasteiger partial charge < -0.3 is 14.5 Å². The van der Waals surface area contributed by atoms with Gasteiger partial charge in [0.2, 0.25) is 5.65 Å². The van der Waals surface area contributed by atoms with E-state index in [9.17, 15) is 4.79 Å². The SMILES string of the molecule is CN(C(=O)OC1CN(c2ncc(Br)n3nnnc23)C1)C(C)(C)C. The van der Waals surface area contributed by atoms with Crippen LogP contribution < -0.4 is 4.90 Å². The normalized spacial score (nSPS) is 15.6. The summed E-state index contributed by atoms with van der Waals surface area (Å²) in [5.74, 6) is 0.676. The van der Waals surface area contributed by atoms with Crippen molar-refractivity contribution < 1.29 is 9.53 Å². The van der Waals surface area contributed by atoms with Gasteiger partial charge in [-0.15, -0.1) is 5.10 Å². The maximum atomic E-state index is 12.1. The van der Waals surface area contributed by atoms with Gasteiger partial charge in [-0.3, -0.25) is 0 Å². The lowest BCUT2D eigenvalue weighted by Gasteiger charge is -2.40. The van der Waals surface area contributed by atoms with E-state index in [1.54, 1.807) is 22.7 Å². The zero-order valence-electron chi connectivity index (χ0n) is 13.4. The topological polar surface area (TPSA) is 88.8 Å². The lowest BCUT2D eigenvalue weighted by atomic mass is 10.1. The number of halogens is 1. The lowest BCUT2D eigenvalue weighted by molar-refractivity contribution is 0.0365. The summed E-state index contributed by atoms with van der Waals surface area (Å²) in [6, 6.07) is 0. The Hall–Kier alpha value is -1.97. The molecule has 0 aromatic carbocycles. The number of amides is 1. The van der Waals surface area contributed by atoms with E-state index < -0.39 is 0 Å². The minimum atomic E-state index is -0.319. The molecule has 3 rings (SSSR count). The molecule has 0 aliphatic carbocycles. The van der Waals surface area contributed by atoms with Gasteiger partial charge in [0, 0.05) is 12.6 Å². The van der Waals surface area contributed by atoms with Gasteiger partial charge in [0.05, 0.1) is 19.3 Å². The van der Waals surface area contributed by atoms with Crippen LogP contribution in [0.25, 0.3) is 5.65 Å². The molecule has 23 heavy (non-hydrogen) atoms. The van der Waals surface area contributed by atoms with Crippen molar-refractivity contribution in [2.45, 2.75) is 32.4 Å². The second kappa shape index (κ2) is 5.59. The van der Waals surface area contributed by atoms with E-state index in [4.69, 9.17) is 4.74 Å². The average molecular weight is 384 g/mol. The number of rotatable bonds is 2. The van der Waals surface area contributed by atoms with Crippen LogP contribution in [0, 0.1) is 0 Å². The van der Waals surface area contributed by atoms with Gasteiger partial charge in [-0.25, -0.2) is 9.78 Å². The van der Waals surface area contributed by atoms with Crippen LogP contribution >= 0.6 is 15.9 Å². The molecule has 1 aliphatic rings. The van der Waals surface area contributed by atoms with Gasteiger partial charge in [-0.2, -0.15) is 4.52 Å². The monoisotopic (exact) mass is 383 g/mol. The number of ether oxygens (including phenoxy) is 1. The smallest absolute Gasteiger partial charge is 0.410 e. The maximum absolute atomic E-state index is 12.1. The summed E-state index contributed by atoms with van der Waals surface area (Å²) >= 11 is 3.34. The van der Waals surface area contributed by atoms with Gasteiger partial charge >= 0.3 is 6.09 Å². The third-order valence-corrected chi connectivity index (χ3v) is 4.40. The Morgan fingerprint density at radius 1 is 1.43 bits per heavy atom. The number of hydrogen-bond acceptors (Lipinski definition) is 7. The van der Waals surface area contributed by atoms with Gasteiger partial charge in [0.1, 0.15) is 10.7 Å². The lowest BCUT2D eigenvalue weighted by Crippen LogP contribution is -2.55. The Kier molecular flexibility index (Phi) is 3.86. The van der Waals surface area contributed by atoms with Crippen LogP contribution in [0.4, 0.5) is 10.6 Å². The molecule has 0 N–H and O–H groups in total. The Labute approximate surface area is 141 Å². The summed E-state index contributed by atoms with van der Waals surface area (Å²) < 4.78 is 7.74. The van der Waals surface area contributed by atoms with Gasteiger partial charge in [0.15, 0.2) is 5.82 Å². The minimum absolute atomic E-state index is 0.159. The van der Waals surface area contributed by atoms with E-state index in [1.165, 1.54) is 0 Å². The number of tetrazole rings is 1. The van der Waals surface area contributed by atoms with Crippen LogP contribution in [-0.4, -0.2) is 67.8 Å². The Bertz CT molecular complexity index is 735. The quantitative estimate of drug-likeness (QED) is 0.772. The average Bonchev–Trinajstić information content (AvgIpc) is 2.92. The zero-order chi connectivity index (χ0) is 16.8. The molecule has 1 fully saturated rings. The van der Waals surface area contributed by atoms with Crippen LogP contribution in [0.15, 0.2) is 10.8 Å². The molecule has 0 atom stereocenters. The fourth-order valence-electron chi connectivity index (χ4n) is 2.10. The number of carbonyl (C=O) groups is 1. The standard InChI is InChI=1S/C13H18BrN7O2/c1-13(2,3)19(4)12(22)23-8-6-20(7-8)10-11-16-17-18-21(11)9(14)5-15-10/h5,8H,6-7H2,1-4H3. The summed E-state index contributed by atoms with van der Waals surface area (Å²) in [5.41, 5.74) is 0.295. The number of anilines is 1. The molecule has 2 aromatic heterocycles. The maximum Gasteiger partial charge on any atom is 0.410 e. The Morgan fingerprint density at radius 2 is 2.13 bits per heavy atom. The molecule has 1 aliphatic heterocycles. The van der Waals surface area contributed by atoms with Crippen molar-refractivity contribution >= 4 is 33.5 Å². The highest BCUT2D eigenvalue weighted by molar-refractivity contribution is 9.10. The third-order valence-electron chi connectivity index (χ3n) is 3.86. The molecule has 10 heteroatoms. The first-order valence-electron chi connectivity index (χ1n) is 7.19.